The standard InChI is InChI=1S/C29H26N4/c1-3-4-14-23-19-12-8-9-13-20(19)25-22-16-17(2)15-21-24(18-10-6-5-7-11-18)27(30)32-29(26(21)22)33-28(25)31-23/h5-13,15-16H,3-4,14H2,1-2H3,(H3,30,31,32,33). The topological polar surface area (TPSA) is 63.8 Å². The van der Waals surface area contributed by atoms with Crippen LogP contribution in [0.25, 0.3) is 43.8 Å². The quantitative estimate of drug-likeness (QED) is 0.306. The Hall–Kier alpha value is -3.92. The Labute approximate surface area is 193 Å². The molecule has 3 heterocycles. The van der Waals surface area contributed by atoms with Crippen molar-refractivity contribution in [2.45, 2.75) is 33.1 Å². The van der Waals surface area contributed by atoms with Crippen molar-refractivity contribution < 1.29 is 0 Å². The molecule has 0 radical (unpaired) electrons. The average molecular weight is 431 g/mol. The molecule has 0 spiro atoms. The van der Waals surface area contributed by atoms with Crippen molar-refractivity contribution in [1.82, 2.24) is 9.97 Å². The molecule has 162 valence electrons. The van der Waals surface area contributed by atoms with E-state index in [4.69, 9.17) is 15.7 Å². The summed E-state index contributed by atoms with van der Waals surface area (Å²) in [5.41, 5.74) is 13.3. The van der Waals surface area contributed by atoms with Crippen molar-refractivity contribution in [3.8, 4) is 22.3 Å². The van der Waals surface area contributed by atoms with Crippen molar-refractivity contribution in [1.29, 1.82) is 0 Å². The molecule has 3 N–H and O–H groups in total. The van der Waals surface area contributed by atoms with E-state index >= 15 is 0 Å². The molecule has 2 aromatic heterocycles. The van der Waals surface area contributed by atoms with Gasteiger partial charge in [0.25, 0.3) is 0 Å². The zero-order chi connectivity index (χ0) is 22.5. The lowest BCUT2D eigenvalue weighted by molar-refractivity contribution is 0.783. The lowest BCUT2D eigenvalue weighted by atomic mass is 9.88. The molecule has 0 amide bonds. The number of pyridine rings is 2. The maximum absolute atomic E-state index is 6.55. The highest BCUT2D eigenvalue weighted by molar-refractivity contribution is 6.20. The van der Waals surface area contributed by atoms with Gasteiger partial charge in [-0.2, -0.15) is 0 Å². The Morgan fingerprint density at radius 2 is 1.58 bits per heavy atom. The molecule has 0 bridgehead atoms. The number of nitrogens with one attached hydrogen (secondary N) is 1. The molecule has 0 unspecified atom stereocenters. The summed E-state index contributed by atoms with van der Waals surface area (Å²) in [5.74, 6) is 2.19. The van der Waals surface area contributed by atoms with E-state index in [0.717, 1.165) is 64.1 Å². The van der Waals surface area contributed by atoms with Gasteiger partial charge < -0.3 is 11.1 Å². The van der Waals surface area contributed by atoms with Crippen LogP contribution in [0.15, 0.2) is 66.7 Å². The van der Waals surface area contributed by atoms with E-state index in [1.807, 2.05) is 18.2 Å². The SMILES string of the molecule is CCCCc1nc2c(c3ccccc13)-c1cc(C)cc3c(-c4ccccc4)c(N)nc(c13)N2. The minimum atomic E-state index is 0.531. The largest absolute Gasteiger partial charge is 0.383 e. The number of aromatic nitrogens is 2. The number of unbranched alkanes of at least 4 members (excludes halogenated alkanes) is 1. The number of hydrogen-bond donors (Lipinski definition) is 2. The van der Waals surface area contributed by atoms with Crippen LogP contribution in [-0.4, -0.2) is 9.97 Å². The lowest BCUT2D eigenvalue weighted by Crippen LogP contribution is -2.10. The van der Waals surface area contributed by atoms with Gasteiger partial charge in [-0.3, -0.25) is 0 Å². The summed E-state index contributed by atoms with van der Waals surface area (Å²) < 4.78 is 0. The second kappa shape index (κ2) is 7.59. The average Bonchev–Trinajstić information content (AvgIpc) is 2.82. The number of aryl methyl sites for hydroxylation is 2. The lowest BCUT2D eigenvalue weighted by Gasteiger charge is -2.26. The minimum absolute atomic E-state index is 0.531. The van der Waals surface area contributed by atoms with Gasteiger partial charge in [-0.1, -0.05) is 80.1 Å². The third kappa shape index (κ3) is 3.05. The maximum atomic E-state index is 6.55. The summed E-state index contributed by atoms with van der Waals surface area (Å²) in [6.07, 6.45) is 3.22. The molecule has 1 aliphatic rings. The fourth-order valence-electron chi connectivity index (χ4n) is 5.15. The summed E-state index contributed by atoms with van der Waals surface area (Å²) in [6, 6.07) is 23.4. The Kier molecular flexibility index (Phi) is 4.54. The van der Waals surface area contributed by atoms with E-state index in [9.17, 15) is 0 Å². The van der Waals surface area contributed by atoms with E-state index < -0.39 is 0 Å². The first-order valence-corrected chi connectivity index (χ1v) is 11.6. The second-order valence-corrected chi connectivity index (χ2v) is 8.88. The number of anilines is 3. The summed E-state index contributed by atoms with van der Waals surface area (Å²) in [6.45, 7) is 4.36. The maximum Gasteiger partial charge on any atom is 0.142 e. The van der Waals surface area contributed by atoms with Crippen molar-refractivity contribution in [3.05, 3.63) is 78.0 Å². The number of fused-ring (bicyclic) bond motifs is 4. The van der Waals surface area contributed by atoms with Crippen molar-refractivity contribution >= 4 is 39.0 Å². The molecule has 4 heteroatoms. The Bertz CT molecular complexity index is 1540. The smallest absolute Gasteiger partial charge is 0.142 e. The van der Waals surface area contributed by atoms with Crippen molar-refractivity contribution in [2.24, 2.45) is 0 Å². The Morgan fingerprint density at radius 3 is 2.36 bits per heavy atom. The highest BCUT2D eigenvalue weighted by Crippen LogP contribution is 2.49. The molecule has 0 saturated carbocycles. The van der Waals surface area contributed by atoms with Gasteiger partial charge in [0.15, 0.2) is 0 Å². The first kappa shape index (κ1) is 19.7. The molecule has 5 aromatic rings. The molecule has 6 rings (SSSR count). The third-order valence-electron chi connectivity index (χ3n) is 6.60. The molecule has 33 heavy (non-hydrogen) atoms. The number of nitrogen functional groups attached to an aromatic ring is 1. The van der Waals surface area contributed by atoms with Crippen LogP contribution in [0.4, 0.5) is 17.5 Å². The molecule has 0 fully saturated rings. The van der Waals surface area contributed by atoms with Crippen LogP contribution in [0.3, 0.4) is 0 Å². The van der Waals surface area contributed by atoms with Crippen LogP contribution in [0, 0.1) is 6.92 Å². The van der Waals surface area contributed by atoms with Gasteiger partial charge in [0, 0.05) is 21.9 Å². The monoisotopic (exact) mass is 430 g/mol. The summed E-state index contributed by atoms with van der Waals surface area (Å²) in [5, 5.41) is 8.24. The van der Waals surface area contributed by atoms with Gasteiger partial charge in [-0.25, -0.2) is 9.97 Å². The molecular formula is C29H26N4. The number of nitrogens with two attached hydrogens (primary N) is 1. The van der Waals surface area contributed by atoms with Gasteiger partial charge in [-0.05, 0) is 47.2 Å². The summed E-state index contributed by atoms with van der Waals surface area (Å²) in [4.78, 5) is 9.95. The van der Waals surface area contributed by atoms with E-state index in [-0.39, 0.29) is 0 Å². The van der Waals surface area contributed by atoms with Crippen LogP contribution in [-0.2, 0) is 6.42 Å². The fourth-order valence-corrected chi connectivity index (χ4v) is 5.15. The van der Waals surface area contributed by atoms with E-state index in [1.54, 1.807) is 0 Å². The van der Waals surface area contributed by atoms with Crippen LogP contribution in [0.1, 0.15) is 31.0 Å². The molecule has 0 aliphatic carbocycles. The van der Waals surface area contributed by atoms with Crippen LogP contribution < -0.4 is 11.1 Å². The Morgan fingerprint density at radius 1 is 0.818 bits per heavy atom. The zero-order valence-corrected chi connectivity index (χ0v) is 18.9. The normalized spacial score (nSPS) is 12.1. The molecule has 4 nitrogen and oxygen atoms in total. The predicted molar refractivity (Wildman–Crippen MR) is 139 cm³/mol. The van der Waals surface area contributed by atoms with Gasteiger partial charge in [0.1, 0.15) is 17.5 Å². The summed E-state index contributed by atoms with van der Waals surface area (Å²) >= 11 is 0. The first-order chi connectivity index (χ1) is 16.2. The van der Waals surface area contributed by atoms with Crippen LogP contribution >= 0.6 is 0 Å². The van der Waals surface area contributed by atoms with E-state index in [2.05, 4.69) is 67.7 Å². The third-order valence-corrected chi connectivity index (χ3v) is 6.60. The summed E-state index contributed by atoms with van der Waals surface area (Å²) in [7, 11) is 0. The van der Waals surface area contributed by atoms with Gasteiger partial charge in [0.2, 0.25) is 0 Å². The van der Waals surface area contributed by atoms with Gasteiger partial charge >= 0.3 is 0 Å². The highest BCUT2D eigenvalue weighted by atomic mass is 15.1. The van der Waals surface area contributed by atoms with Gasteiger partial charge in [-0.15, -0.1) is 0 Å². The van der Waals surface area contributed by atoms with Crippen molar-refractivity contribution in [2.75, 3.05) is 11.1 Å². The minimum Gasteiger partial charge on any atom is -0.383 e. The fraction of sp³-hybridized carbons (Fsp3) is 0.172. The molecule has 0 atom stereocenters. The molecule has 0 saturated heterocycles. The number of nitrogens with zero attached hydrogens (tertiary/aromatic N) is 2. The van der Waals surface area contributed by atoms with E-state index in [1.165, 1.54) is 21.9 Å². The highest BCUT2D eigenvalue weighted by Gasteiger charge is 2.26. The number of benzene rings is 3. The van der Waals surface area contributed by atoms with Gasteiger partial charge in [0.05, 0.1) is 5.69 Å². The van der Waals surface area contributed by atoms with E-state index in [0.29, 0.717) is 5.82 Å². The molecular weight excluding hydrogens is 404 g/mol. The zero-order valence-electron chi connectivity index (χ0n) is 18.9. The Balaban J connectivity index is 1.72. The second-order valence-electron chi connectivity index (χ2n) is 8.88. The number of hydrogen-bond acceptors (Lipinski definition) is 4. The first-order valence-electron chi connectivity index (χ1n) is 11.6. The van der Waals surface area contributed by atoms with Crippen LogP contribution in [0.5, 0.6) is 0 Å². The van der Waals surface area contributed by atoms with Crippen molar-refractivity contribution in [3.63, 3.8) is 0 Å². The molecule has 1 aliphatic heterocycles. The molecule has 3 aromatic carbocycles. The number of rotatable bonds is 4. The van der Waals surface area contributed by atoms with Crippen LogP contribution in [0.2, 0.25) is 0 Å². The predicted octanol–water partition coefficient (Wildman–Crippen LogP) is 7.41.